The average molecular weight is 639 g/mol. The first-order valence-corrected chi connectivity index (χ1v) is 16.8. The minimum Gasteiger partial charge on any atom is -0.455 e. The van der Waals surface area contributed by atoms with E-state index in [1.165, 1.54) is 16.2 Å². The first-order valence-electron chi connectivity index (χ1n) is 16.8. The molecular weight excluding hydrogens is 613 g/mol. The highest BCUT2D eigenvalue weighted by Gasteiger charge is 2.26. The van der Waals surface area contributed by atoms with Crippen LogP contribution in [0.1, 0.15) is 0 Å². The topological polar surface area (TPSA) is 52.1 Å². The molecule has 0 fully saturated rings. The lowest BCUT2D eigenvalue weighted by Gasteiger charge is -2.11. The summed E-state index contributed by atoms with van der Waals surface area (Å²) in [7, 11) is 0. The van der Waals surface area contributed by atoms with Gasteiger partial charge in [0.05, 0.1) is 0 Å². The van der Waals surface area contributed by atoms with Gasteiger partial charge in [0.1, 0.15) is 28.0 Å². The fourth-order valence-corrected chi connectivity index (χ4v) is 7.76. The molecule has 0 spiro atoms. The highest BCUT2D eigenvalue weighted by Crippen LogP contribution is 2.49. The van der Waals surface area contributed by atoms with Gasteiger partial charge in [-0.2, -0.15) is 0 Å². The van der Waals surface area contributed by atoms with Crippen molar-refractivity contribution in [3.05, 3.63) is 158 Å². The van der Waals surface area contributed by atoms with Crippen molar-refractivity contribution in [1.29, 1.82) is 0 Å². The first-order chi connectivity index (χ1) is 24.8. The van der Waals surface area contributed by atoms with Crippen LogP contribution >= 0.6 is 0 Å². The average Bonchev–Trinajstić information content (AvgIpc) is 3.77. The molecule has 0 aliphatic rings. The number of hydrogen-bond acceptors (Lipinski definition) is 4. The third-order valence-corrected chi connectivity index (χ3v) is 10.1. The summed E-state index contributed by atoms with van der Waals surface area (Å²) < 4.78 is 13.8. The minimum atomic E-state index is 0.636. The Labute approximate surface area is 286 Å². The number of benzene rings is 8. The molecule has 0 aliphatic heterocycles. The van der Waals surface area contributed by atoms with E-state index >= 15 is 0 Å². The quantitative estimate of drug-likeness (QED) is 0.180. The summed E-state index contributed by atoms with van der Waals surface area (Å²) in [6.45, 7) is 0. The van der Waals surface area contributed by atoms with Crippen LogP contribution in [-0.4, -0.2) is 9.97 Å². The Morgan fingerprint density at radius 3 is 1.62 bits per heavy atom. The monoisotopic (exact) mass is 638 g/mol. The zero-order valence-electron chi connectivity index (χ0n) is 26.7. The van der Waals surface area contributed by atoms with Crippen molar-refractivity contribution < 1.29 is 8.83 Å². The Bertz CT molecular complexity index is 3070. The van der Waals surface area contributed by atoms with Crippen molar-refractivity contribution in [2.75, 3.05) is 0 Å². The maximum atomic E-state index is 7.10. The Morgan fingerprint density at radius 2 is 0.940 bits per heavy atom. The molecule has 232 valence electrons. The Hall–Kier alpha value is -6.78. The molecule has 0 unspecified atom stereocenters. The van der Waals surface area contributed by atoms with Crippen LogP contribution in [0.15, 0.2) is 167 Å². The Morgan fingerprint density at radius 1 is 0.360 bits per heavy atom. The maximum absolute atomic E-state index is 7.10. The van der Waals surface area contributed by atoms with Crippen LogP contribution in [0.25, 0.3) is 110 Å². The molecule has 11 aromatic rings. The SMILES string of the molecule is c1ccc(-c2ccc3oc4c(-c5ccc6c7ccccc7c7ccc(-c8ccccc8)c8oc5c6c87)nc(-c5ccccc5)nc4c3c2)cc1. The lowest BCUT2D eigenvalue weighted by atomic mass is 9.91. The first kappa shape index (κ1) is 27.2. The van der Waals surface area contributed by atoms with Crippen LogP contribution in [-0.2, 0) is 0 Å². The molecule has 0 radical (unpaired) electrons. The van der Waals surface area contributed by atoms with Gasteiger partial charge in [-0.25, -0.2) is 9.97 Å². The van der Waals surface area contributed by atoms with Crippen LogP contribution in [0.5, 0.6) is 0 Å². The third-order valence-electron chi connectivity index (χ3n) is 10.1. The number of hydrogen-bond donors (Lipinski definition) is 0. The van der Waals surface area contributed by atoms with E-state index < -0.39 is 0 Å². The van der Waals surface area contributed by atoms with Crippen molar-refractivity contribution in [2.24, 2.45) is 0 Å². The zero-order chi connectivity index (χ0) is 32.8. The second-order valence-corrected chi connectivity index (χ2v) is 12.9. The molecule has 0 N–H and O–H groups in total. The van der Waals surface area contributed by atoms with Crippen LogP contribution in [0.3, 0.4) is 0 Å². The van der Waals surface area contributed by atoms with Gasteiger partial charge in [0, 0.05) is 32.8 Å². The van der Waals surface area contributed by atoms with E-state index in [0.29, 0.717) is 17.1 Å². The molecule has 3 aromatic heterocycles. The van der Waals surface area contributed by atoms with E-state index in [1.54, 1.807) is 0 Å². The summed E-state index contributed by atoms with van der Waals surface area (Å²) in [5.41, 5.74) is 10.8. The fourth-order valence-electron chi connectivity index (χ4n) is 7.76. The van der Waals surface area contributed by atoms with Gasteiger partial charge in [-0.05, 0) is 62.5 Å². The number of aromatic nitrogens is 2. The van der Waals surface area contributed by atoms with Crippen molar-refractivity contribution in [2.45, 2.75) is 0 Å². The van der Waals surface area contributed by atoms with E-state index in [4.69, 9.17) is 18.8 Å². The van der Waals surface area contributed by atoms with Gasteiger partial charge < -0.3 is 8.83 Å². The smallest absolute Gasteiger partial charge is 0.180 e. The minimum absolute atomic E-state index is 0.636. The normalized spacial score (nSPS) is 12.0. The molecule has 4 heteroatoms. The van der Waals surface area contributed by atoms with Crippen LogP contribution < -0.4 is 0 Å². The highest BCUT2D eigenvalue weighted by molar-refractivity contribution is 6.35. The van der Waals surface area contributed by atoms with Crippen molar-refractivity contribution in [3.63, 3.8) is 0 Å². The summed E-state index contributed by atoms with van der Waals surface area (Å²) in [5.74, 6) is 0.636. The second kappa shape index (κ2) is 10.4. The van der Waals surface area contributed by atoms with E-state index in [2.05, 4.69) is 121 Å². The van der Waals surface area contributed by atoms with Crippen LogP contribution in [0.2, 0.25) is 0 Å². The predicted octanol–water partition coefficient (Wildman–Crippen LogP) is 12.7. The van der Waals surface area contributed by atoms with Gasteiger partial charge in [0.15, 0.2) is 11.4 Å². The van der Waals surface area contributed by atoms with Crippen molar-refractivity contribution >= 4 is 65.6 Å². The van der Waals surface area contributed by atoms with Gasteiger partial charge in [-0.1, -0.05) is 133 Å². The van der Waals surface area contributed by atoms with E-state index in [0.717, 1.165) is 77.2 Å². The molecular formula is C46H26N2O2. The lowest BCUT2D eigenvalue weighted by molar-refractivity contribution is 0.663. The zero-order valence-corrected chi connectivity index (χ0v) is 26.7. The van der Waals surface area contributed by atoms with Crippen LogP contribution in [0, 0.1) is 0 Å². The largest absolute Gasteiger partial charge is 0.455 e. The second-order valence-electron chi connectivity index (χ2n) is 12.9. The molecule has 0 amide bonds. The molecule has 0 saturated carbocycles. The number of fused-ring (bicyclic) bond motifs is 6. The van der Waals surface area contributed by atoms with Crippen LogP contribution in [0.4, 0.5) is 0 Å². The molecule has 11 rings (SSSR count). The summed E-state index contributed by atoms with van der Waals surface area (Å²) in [4.78, 5) is 10.4. The molecule has 4 nitrogen and oxygen atoms in total. The lowest BCUT2D eigenvalue weighted by Crippen LogP contribution is -1.94. The summed E-state index contributed by atoms with van der Waals surface area (Å²) in [6, 6.07) is 54.8. The van der Waals surface area contributed by atoms with E-state index in [1.807, 2.05) is 36.4 Å². The van der Waals surface area contributed by atoms with Crippen molar-refractivity contribution in [3.8, 4) is 44.9 Å². The van der Waals surface area contributed by atoms with Crippen molar-refractivity contribution in [1.82, 2.24) is 9.97 Å². The molecule has 0 bridgehead atoms. The summed E-state index contributed by atoms with van der Waals surface area (Å²) in [6.07, 6.45) is 0. The van der Waals surface area contributed by atoms with E-state index in [9.17, 15) is 0 Å². The number of nitrogens with zero attached hydrogens (tertiary/aromatic N) is 2. The number of rotatable bonds is 4. The molecule has 0 saturated heterocycles. The predicted molar refractivity (Wildman–Crippen MR) is 205 cm³/mol. The van der Waals surface area contributed by atoms with Gasteiger partial charge in [0.2, 0.25) is 0 Å². The Balaban J connectivity index is 1.27. The highest BCUT2D eigenvalue weighted by atomic mass is 16.3. The van der Waals surface area contributed by atoms with Gasteiger partial charge >= 0.3 is 0 Å². The Kier molecular flexibility index (Phi) is 5.63. The van der Waals surface area contributed by atoms with E-state index in [-0.39, 0.29) is 0 Å². The molecule has 3 heterocycles. The summed E-state index contributed by atoms with van der Waals surface area (Å²) in [5, 5.41) is 7.91. The standard InChI is InChI=1S/C46H26N2O2/c1-4-12-27(13-5-1)30-20-25-38-37(26-30)42-45(49-38)41(47-46(48-42)29-16-8-3-9-17-29)36-24-23-35-33-19-11-10-18-32(33)34-22-21-31(28-14-6-2-7-15-28)43-39(34)40(35)44(36)50-43/h1-26H. The summed E-state index contributed by atoms with van der Waals surface area (Å²) >= 11 is 0. The molecule has 50 heavy (non-hydrogen) atoms. The third kappa shape index (κ3) is 3.87. The maximum Gasteiger partial charge on any atom is 0.180 e. The van der Waals surface area contributed by atoms with Gasteiger partial charge in [0.25, 0.3) is 0 Å². The molecule has 0 aliphatic carbocycles. The van der Waals surface area contributed by atoms with Gasteiger partial charge in [-0.3, -0.25) is 0 Å². The molecule has 0 atom stereocenters. The fraction of sp³-hybridized carbons (Fsp3) is 0. The van der Waals surface area contributed by atoms with Gasteiger partial charge in [-0.15, -0.1) is 0 Å². The number of furan rings is 2. The molecule has 8 aromatic carbocycles.